The summed E-state index contributed by atoms with van der Waals surface area (Å²) in [5.41, 5.74) is 0. The van der Waals surface area contributed by atoms with Crippen LogP contribution in [0.2, 0.25) is 0 Å². The van der Waals surface area contributed by atoms with Gasteiger partial charge in [-0.1, -0.05) is 29.4 Å². The Morgan fingerprint density at radius 1 is 1.46 bits per heavy atom. The lowest BCUT2D eigenvalue weighted by Crippen LogP contribution is -1.84. The smallest absolute Gasteiger partial charge is 0.209 e. The minimum Gasteiger partial charge on any atom is -0.209 e. The van der Waals surface area contributed by atoms with E-state index in [-0.39, 0.29) is 5.12 Å². The summed E-state index contributed by atoms with van der Waals surface area (Å²) in [6.07, 6.45) is 0.825. The molecule has 0 amide bonds. The maximum atomic E-state index is 5.82. The Morgan fingerprint density at radius 2 is 2.00 bits per heavy atom. The van der Waals surface area contributed by atoms with E-state index in [4.69, 9.17) is 57.1 Å². The predicted molar refractivity (Wildman–Crippen MR) is 68.4 cm³/mol. The third-order valence-corrected chi connectivity index (χ3v) is 9.10. The van der Waals surface area contributed by atoms with Crippen LogP contribution in [0.1, 0.15) is 13.3 Å². The quantitative estimate of drug-likeness (QED) is 0.308. The second-order valence-corrected chi connectivity index (χ2v) is 10.3. The van der Waals surface area contributed by atoms with Gasteiger partial charge in [0.2, 0.25) is 7.58 Å². The van der Waals surface area contributed by atoms with Crippen molar-refractivity contribution >= 4 is 79.8 Å². The second kappa shape index (κ2) is 8.51. The molecule has 0 rings (SSSR count). The highest BCUT2D eigenvalue weighted by Crippen LogP contribution is 2.67. The first-order chi connectivity index (χ1) is 5.99. The topological polar surface area (TPSA) is 15.6 Å². The summed E-state index contributed by atoms with van der Waals surface area (Å²) in [6, 6.07) is 0. The molecule has 0 aromatic rings. The molecule has 0 fully saturated rings. The Labute approximate surface area is 106 Å². The predicted octanol–water partition coefficient (Wildman–Crippen LogP) is 6.72. The monoisotopic (exact) mass is 338 g/mol. The summed E-state index contributed by atoms with van der Waals surface area (Å²) < 4.78 is 5.15. The second-order valence-electron chi connectivity index (χ2n) is 1.74. The van der Waals surface area contributed by atoms with Crippen molar-refractivity contribution in [3.05, 3.63) is 0 Å². The Hall–Kier alpha value is 2.37. The molecular weight excluding hydrogens is 334 g/mol. The molecule has 2 nitrogen and oxygen atoms in total. The van der Waals surface area contributed by atoms with Gasteiger partial charge in [0.05, 0.1) is 5.12 Å². The molecule has 78 valence electrons. The van der Waals surface area contributed by atoms with E-state index in [1.807, 2.05) is 6.92 Å². The summed E-state index contributed by atoms with van der Waals surface area (Å²) in [7, 11) is -0.650. The van der Waals surface area contributed by atoms with Crippen LogP contribution >= 0.6 is 79.8 Å². The maximum absolute atomic E-state index is 5.82. The van der Waals surface area contributed by atoms with E-state index in [9.17, 15) is 0 Å². The van der Waals surface area contributed by atoms with Crippen molar-refractivity contribution in [3.8, 4) is 0 Å². The zero-order chi connectivity index (χ0) is 10.4. The van der Waals surface area contributed by atoms with Crippen LogP contribution in [0.3, 0.4) is 0 Å². The molecule has 0 aromatic carbocycles. The molecule has 0 aliphatic rings. The van der Waals surface area contributed by atoms with Crippen molar-refractivity contribution < 1.29 is 0 Å². The lowest BCUT2D eigenvalue weighted by atomic mass is 10.6. The molecule has 0 aliphatic heterocycles. The fourth-order valence-electron chi connectivity index (χ4n) is 0.269. The fourth-order valence-corrected chi connectivity index (χ4v) is 5.61. The third kappa shape index (κ3) is 7.29. The SMILES string of the molecule is CCC(Cl)P=NP(Cl)N(Cl)P(Cl)Cl. The highest BCUT2D eigenvalue weighted by atomic mass is 35.9. The Morgan fingerprint density at radius 3 is 2.38 bits per heavy atom. The Bertz CT molecular complexity index is 169. The van der Waals surface area contributed by atoms with E-state index in [0.717, 1.165) is 10.4 Å². The van der Waals surface area contributed by atoms with Gasteiger partial charge in [0.25, 0.3) is 0 Å². The maximum Gasteiger partial charge on any atom is 0.212 e. The van der Waals surface area contributed by atoms with Gasteiger partial charge in [-0.15, -0.1) is 15.6 Å². The average molecular weight is 340 g/mol. The highest BCUT2D eigenvalue weighted by Gasteiger charge is 2.20. The van der Waals surface area contributed by atoms with Crippen molar-refractivity contribution in [1.82, 2.24) is 3.96 Å². The number of hydrogen-bond acceptors (Lipinski definition) is 2. The zero-order valence-corrected chi connectivity index (χ0v) is 12.9. The molecule has 10 heteroatoms. The molecule has 2 atom stereocenters. The molecule has 0 N–H and O–H groups in total. The first-order valence-corrected chi connectivity index (χ1v) is 10.0. The molecule has 0 saturated heterocycles. The van der Waals surface area contributed by atoms with Crippen LogP contribution in [0.5, 0.6) is 0 Å². The van der Waals surface area contributed by atoms with Crippen LogP contribution in [0.15, 0.2) is 4.52 Å². The largest absolute Gasteiger partial charge is 0.212 e. The highest BCUT2D eigenvalue weighted by molar-refractivity contribution is 8.08. The average Bonchev–Trinajstić information content (AvgIpc) is 2.11. The first-order valence-electron chi connectivity index (χ1n) is 3.07. The van der Waals surface area contributed by atoms with Crippen LogP contribution in [-0.2, 0) is 0 Å². The van der Waals surface area contributed by atoms with Crippen molar-refractivity contribution in [1.29, 1.82) is 0 Å². The first kappa shape index (κ1) is 15.4. The molecule has 0 heterocycles. The van der Waals surface area contributed by atoms with Gasteiger partial charge in [-0.3, -0.25) is 0 Å². The van der Waals surface area contributed by atoms with E-state index >= 15 is 0 Å². The van der Waals surface area contributed by atoms with Gasteiger partial charge in [0, 0.05) is 8.37 Å². The number of alkyl halides is 1. The third-order valence-electron chi connectivity index (χ3n) is 0.849. The molecule has 13 heavy (non-hydrogen) atoms. The fraction of sp³-hybridized carbons (Fsp3) is 1.00. The molecule has 0 radical (unpaired) electrons. The van der Waals surface area contributed by atoms with Crippen LogP contribution in [-0.4, -0.2) is 9.08 Å². The lowest BCUT2D eigenvalue weighted by molar-refractivity contribution is 1.05. The molecular formula is C3H6Cl5N2P3. The minimum absolute atomic E-state index is 0.0364. The normalized spacial score (nSPS) is 17.2. The van der Waals surface area contributed by atoms with Gasteiger partial charge in [-0.2, -0.15) is 0 Å². The van der Waals surface area contributed by atoms with Crippen molar-refractivity contribution in [2.45, 2.75) is 18.5 Å². The van der Waals surface area contributed by atoms with Gasteiger partial charge in [-0.05, 0) is 29.4 Å². The molecule has 0 spiro atoms. The Balaban J connectivity index is 3.98. The van der Waals surface area contributed by atoms with Crippen LogP contribution in [0.4, 0.5) is 0 Å². The van der Waals surface area contributed by atoms with Crippen LogP contribution in [0.25, 0.3) is 0 Å². The number of halogens is 5. The van der Waals surface area contributed by atoms with Crippen molar-refractivity contribution in [2.24, 2.45) is 4.52 Å². The van der Waals surface area contributed by atoms with Gasteiger partial charge >= 0.3 is 0 Å². The van der Waals surface area contributed by atoms with Gasteiger partial charge < -0.3 is 0 Å². The van der Waals surface area contributed by atoms with Crippen molar-refractivity contribution in [2.75, 3.05) is 0 Å². The molecule has 0 bridgehead atoms. The van der Waals surface area contributed by atoms with E-state index in [0.29, 0.717) is 8.37 Å². The summed E-state index contributed by atoms with van der Waals surface area (Å²) in [6.45, 7) is 0.526. The van der Waals surface area contributed by atoms with E-state index in [1.54, 1.807) is 0 Å². The minimum atomic E-state index is -1.44. The summed E-state index contributed by atoms with van der Waals surface area (Å²) in [5.74, 6) is 0. The lowest BCUT2D eigenvalue weighted by Gasteiger charge is -2.14. The molecule has 0 aliphatic carbocycles. The summed E-state index contributed by atoms with van der Waals surface area (Å²) >= 11 is 28.3. The molecule has 0 aromatic heterocycles. The van der Waals surface area contributed by atoms with E-state index in [2.05, 4.69) is 4.52 Å². The number of nitrogens with zero attached hydrogens (tertiary/aromatic N) is 2. The van der Waals surface area contributed by atoms with Crippen LogP contribution in [0, 0.1) is 0 Å². The van der Waals surface area contributed by atoms with Crippen molar-refractivity contribution in [3.63, 3.8) is 0 Å². The summed E-state index contributed by atoms with van der Waals surface area (Å²) in [4.78, 5) is 0. The summed E-state index contributed by atoms with van der Waals surface area (Å²) in [5, 5.41) is -0.0364. The van der Waals surface area contributed by atoms with Crippen LogP contribution < -0.4 is 0 Å². The zero-order valence-electron chi connectivity index (χ0n) is 6.41. The Kier molecular flexibility index (Phi) is 10.1. The van der Waals surface area contributed by atoms with E-state index in [1.165, 1.54) is 0 Å². The van der Waals surface area contributed by atoms with Gasteiger partial charge in [0.1, 0.15) is 0 Å². The number of rotatable bonds is 5. The van der Waals surface area contributed by atoms with E-state index < -0.39 is 14.4 Å². The standard InChI is InChI=1S/C3H6Cl5N2P3/c1-2-3(4)11-9-13(8)10(5)12(6)7/h3H,2H2,1H3. The van der Waals surface area contributed by atoms with Gasteiger partial charge in [-0.25, -0.2) is 4.52 Å². The molecule has 2 unspecified atom stereocenters. The molecule has 0 saturated carbocycles. The number of hydrogen-bond donors (Lipinski definition) is 0. The van der Waals surface area contributed by atoms with Gasteiger partial charge in [0.15, 0.2) is 6.78 Å².